The van der Waals surface area contributed by atoms with Crippen LogP contribution in [-0.4, -0.2) is 73.7 Å². The van der Waals surface area contributed by atoms with Crippen molar-refractivity contribution in [3.8, 4) is 28.6 Å². The summed E-state index contributed by atoms with van der Waals surface area (Å²) in [6, 6.07) is 8.83. The van der Waals surface area contributed by atoms with Gasteiger partial charge in [-0.25, -0.2) is 27.8 Å². The molecule has 0 radical (unpaired) electrons. The van der Waals surface area contributed by atoms with Gasteiger partial charge < -0.3 is 9.80 Å². The average molecular weight is 532 g/mol. The minimum Gasteiger partial charge on any atom is -0.349 e. The van der Waals surface area contributed by atoms with Crippen LogP contribution in [0, 0.1) is 23.0 Å². The number of hydrogen-bond acceptors (Lipinski definition) is 7. The molecule has 1 saturated heterocycles. The molecular formula is C27H24F3N9. The van der Waals surface area contributed by atoms with Gasteiger partial charge in [-0.3, -0.25) is 4.40 Å². The fourth-order valence-corrected chi connectivity index (χ4v) is 5.19. The van der Waals surface area contributed by atoms with Crippen molar-refractivity contribution in [2.45, 2.75) is 18.6 Å². The van der Waals surface area contributed by atoms with Crippen molar-refractivity contribution >= 4 is 22.5 Å². The van der Waals surface area contributed by atoms with Crippen LogP contribution in [0.15, 0.2) is 42.7 Å². The molecule has 0 saturated carbocycles. The molecule has 0 amide bonds. The summed E-state index contributed by atoms with van der Waals surface area (Å²) in [5.41, 5.74) is 2.40. The van der Waals surface area contributed by atoms with Crippen LogP contribution in [0.3, 0.4) is 0 Å². The van der Waals surface area contributed by atoms with Gasteiger partial charge in [-0.2, -0.15) is 5.26 Å². The zero-order valence-corrected chi connectivity index (χ0v) is 21.5. The summed E-state index contributed by atoms with van der Waals surface area (Å²) in [4.78, 5) is 13.2. The van der Waals surface area contributed by atoms with Crippen LogP contribution in [0.4, 0.5) is 19.0 Å². The number of imidazole rings is 1. The first kappa shape index (κ1) is 24.8. The summed E-state index contributed by atoms with van der Waals surface area (Å²) < 4.78 is 48.4. The predicted molar refractivity (Wildman–Crippen MR) is 140 cm³/mol. The van der Waals surface area contributed by atoms with E-state index in [0.717, 1.165) is 0 Å². The first-order chi connectivity index (χ1) is 18.7. The quantitative estimate of drug-likeness (QED) is 0.347. The molecule has 4 heterocycles. The lowest BCUT2D eigenvalue weighted by Crippen LogP contribution is -2.50. The van der Waals surface area contributed by atoms with E-state index in [1.165, 1.54) is 22.9 Å². The van der Waals surface area contributed by atoms with E-state index in [2.05, 4.69) is 15.3 Å². The molecule has 0 N–H and O–H groups in total. The van der Waals surface area contributed by atoms with Gasteiger partial charge in [-0.15, -0.1) is 5.10 Å². The van der Waals surface area contributed by atoms with Crippen molar-refractivity contribution in [3.63, 3.8) is 0 Å². The third-order valence-corrected chi connectivity index (χ3v) is 7.25. The number of likely N-dealkylation sites (N-methyl/N-ethyl adjacent to an activating group) is 1. The smallest absolute Gasteiger partial charge is 0.181 e. The first-order valence-electron chi connectivity index (χ1n) is 12.4. The van der Waals surface area contributed by atoms with Gasteiger partial charge in [0.25, 0.3) is 0 Å². The number of hydrogen-bond donors (Lipinski definition) is 0. The molecule has 198 valence electrons. The number of anilines is 1. The number of aryl methyl sites for hydroxylation is 1. The molecule has 2 atom stereocenters. The van der Waals surface area contributed by atoms with Crippen LogP contribution in [0.5, 0.6) is 0 Å². The Kier molecular flexibility index (Phi) is 5.95. The zero-order valence-electron chi connectivity index (χ0n) is 21.5. The summed E-state index contributed by atoms with van der Waals surface area (Å²) >= 11 is 0. The molecule has 39 heavy (non-hydrogen) atoms. The third kappa shape index (κ3) is 4.15. The van der Waals surface area contributed by atoms with Crippen molar-refractivity contribution in [3.05, 3.63) is 59.9 Å². The minimum atomic E-state index is -1.06. The van der Waals surface area contributed by atoms with Crippen molar-refractivity contribution < 1.29 is 13.2 Å². The summed E-state index contributed by atoms with van der Waals surface area (Å²) in [6.45, 7) is 0.670. The van der Waals surface area contributed by atoms with Gasteiger partial charge in [0.1, 0.15) is 29.4 Å². The lowest BCUT2D eigenvalue weighted by Gasteiger charge is -2.38. The van der Waals surface area contributed by atoms with Gasteiger partial charge in [0.05, 0.1) is 29.0 Å². The van der Waals surface area contributed by atoms with E-state index in [-0.39, 0.29) is 29.4 Å². The van der Waals surface area contributed by atoms with E-state index in [1.54, 1.807) is 36.0 Å². The second-order valence-corrected chi connectivity index (χ2v) is 9.95. The fourth-order valence-electron chi connectivity index (χ4n) is 5.19. The molecule has 6 rings (SSSR count). The second-order valence-electron chi connectivity index (χ2n) is 9.95. The van der Waals surface area contributed by atoms with Crippen molar-refractivity contribution in [2.24, 2.45) is 7.05 Å². The van der Waals surface area contributed by atoms with Crippen LogP contribution < -0.4 is 4.90 Å². The highest BCUT2D eigenvalue weighted by molar-refractivity contribution is 5.89. The molecule has 1 aliphatic heterocycles. The van der Waals surface area contributed by atoms with Crippen molar-refractivity contribution in [1.82, 2.24) is 34.3 Å². The first-order valence-corrected chi connectivity index (χ1v) is 12.4. The highest BCUT2D eigenvalue weighted by atomic mass is 19.1. The topological polar surface area (TPSA) is 91.2 Å². The SMILES string of the molecule is CN(C)[C@@H]1C[C@@H](F)CN(c2nccn3c(-c4cc5nnn(C)c5cc4F)c(-c4ccc(C#N)c(F)c4)nc23)C1. The Labute approximate surface area is 221 Å². The summed E-state index contributed by atoms with van der Waals surface area (Å²) in [5, 5.41) is 17.3. The van der Waals surface area contributed by atoms with Crippen LogP contribution in [0.2, 0.25) is 0 Å². The summed E-state index contributed by atoms with van der Waals surface area (Å²) in [6.07, 6.45) is 2.55. The maximum absolute atomic E-state index is 15.7. The van der Waals surface area contributed by atoms with Crippen LogP contribution in [0.25, 0.3) is 39.2 Å². The van der Waals surface area contributed by atoms with E-state index in [9.17, 15) is 14.0 Å². The molecular weight excluding hydrogens is 507 g/mol. The Balaban J connectivity index is 1.61. The van der Waals surface area contributed by atoms with E-state index in [1.807, 2.05) is 30.0 Å². The van der Waals surface area contributed by atoms with E-state index >= 15 is 4.39 Å². The molecule has 1 fully saturated rings. The molecule has 0 bridgehead atoms. The number of nitrogens with zero attached hydrogens (tertiary/aromatic N) is 9. The summed E-state index contributed by atoms with van der Waals surface area (Å²) in [5.74, 6) is -0.821. The lowest BCUT2D eigenvalue weighted by atomic mass is 10.0. The van der Waals surface area contributed by atoms with Gasteiger partial charge in [0.15, 0.2) is 11.5 Å². The van der Waals surface area contributed by atoms with Crippen molar-refractivity contribution in [2.75, 3.05) is 32.1 Å². The minimum absolute atomic E-state index is 0.0335. The number of piperidine rings is 1. The highest BCUT2D eigenvalue weighted by Crippen LogP contribution is 2.38. The van der Waals surface area contributed by atoms with Gasteiger partial charge >= 0.3 is 0 Å². The molecule has 0 unspecified atom stereocenters. The van der Waals surface area contributed by atoms with E-state index < -0.39 is 17.8 Å². The van der Waals surface area contributed by atoms with Crippen LogP contribution in [-0.2, 0) is 7.05 Å². The molecule has 12 heteroatoms. The maximum Gasteiger partial charge on any atom is 0.181 e. The molecule has 5 aromatic rings. The fraction of sp³-hybridized carbons (Fsp3) is 0.296. The number of rotatable bonds is 4. The predicted octanol–water partition coefficient (Wildman–Crippen LogP) is 3.97. The number of aromatic nitrogens is 6. The number of halogens is 3. The van der Waals surface area contributed by atoms with Gasteiger partial charge in [0, 0.05) is 49.2 Å². The molecule has 0 spiro atoms. The van der Waals surface area contributed by atoms with Gasteiger partial charge in [0.2, 0.25) is 0 Å². The normalized spacial score (nSPS) is 17.8. The lowest BCUT2D eigenvalue weighted by molar-refractivity contribution is 0.182. The number of fused-ring (bicyclic) bond motifs is 2. The number of nitriles is 1. The van der Waals surface area contributed by atoms with E-state index in [4.69, 9.17) is 4.98 Å². The monoisotopic (exact) mass is 531 g/mol. The van der Waals surface area contributed by atoms with Crippen LogP contribution >= 0.6 is 0 Å². The Morgan fingerprint density at radius 3 is 2.67 bits per heavy atom. The molecule has 9 nitrogen and oxygen atoms in total. The highest BCUT2D eigenvalue weighted by Gasteiger charge is 2.32. The largest absolute Gasteiger partial charge is 0.349 e. The molecule has 1 aliphatic rings. The third-order valence-electron chi connectivity index (χ3n) is 7.25. The molecule has 2 aromatic carbocycles. The summed E-state index contributed by atoms with van der Waals surface area (Å²) in [7, 11) is 5.49. The maximum atomic E-state index is 15.7. The van der Waals surface area contributed by atoms with Crippen molar-refractivity contribution in [1.29, 1.82) is 5.26 Å². The number of alkyl halides is 1. The Bertz CT molecular complexity index is 1770. The Morgan fingerprint density at radius 2 is 1.92 bits per heavy atom. The Morgan fingerprint density at radius 1 is 1.10 bits per heavy atom. The number of benzene rings is 2. The standard InChI is InChI=1S/C27H24F3N9/c1-36(2)18-9-17(28)13-38(14-18)26-27-33-24(15-4-5-16(12-31)20(29)8-15)25(39(27)7-6-32-26)19-10-22-23(11-21(19)30)37(3)35-34-22/h4-8,10-11,17-18H,9,13-14H2,1-3H3/t17-,18-/m1/s1. The van der Waals surface area contributed by atoms with Gasteiger partial charge in [-0.1, -0.05) is 11.3 Å². The Hall–Kier alpha value is -4.50. The average Bonchev–Trinajstić information content (AvgIpc) is 3.48. The van der Waals surface area contributed by atoms with E-state index in [0.29, 0.717) is 46.7 Å². The van der Waals surface area contributed by atoms with Crippen LogP contribution in [0.1, 0.15) is 12.0 Å². The zero-order chi connectivity index (χ0) is 27.4. The molecule has 3 aromatic heterocycles. The molecule has 0 aliphatic carbocycles. The second kappa shape index (κ2) is 9.36. The van der Waals surface area contributed by atoms with Gasteiger partial charge in [-0.05, 0) is 38.7 Å².